The van der Waals surface area contributed by atoms with Gasteiger partial charge in [0.2, 0.25) is 0 Å². The fourth-order valence-electron chi connectivity index (χ4n) is 2.14. The normalized spacial score (nSPS) is 11.4. The summed E-state index contributed by atoms with van der Waals surface area (Å²) in [6, 6.07) is 10.1. The summed E-state index contributed by atoms with van der Waals surface area (Å²) in [4.78, 5) is 13.1. The van der Waals surface area contributed by atoms with Gasteiger partial charge in [-0.05, 0) is 22.6 Å². The highest BCUT2D eigenvalue weighted by atomic mass is 32.1. The third-order valence-electron chi connectivity index (χ3n) is 3.13. The minimum absolute atomic E-state index is 0.0285. The number of ether oxygens (including phenoxy) is 1. The molecule has 106 valence electrons. The molecule has 0 fully saturated rings. The first-order valence-corrected chi connectivity index (χ1v) is 7.23. The number of hydrogen-bond acceptors (Lipinski definition) is 4. The van der Waals surface area contributed by atoms with E-state index in [-0.39, 0.29) is 11.4 Å². The van der Waals surface area contributed by atoms with E-state index in [1.54, 1.807) is 0 Å². The fourth-order valence-corrected chi connectivity index (χ4v) is 3.18. The van der Waals surface area contributed by atoms with Gasteiger partial charge in [-0.25, -0.2) is 4.79 Å². The van der Waals surface area contributed by atoms with Gasteiger partial charge in [-0.1, -0.05) is 45.0 Å². The van der Waals surface area contributed by atoms with Gasteiger partial charge in [-0.2, -0.15) is 0 Å². The lowest BCUT2D eigenvalue weighted by atomic mass is 9.83. The molecule has 0 aliphatic carbocycles. The Balaban J connectivity index is 2.56. The van der Waals surface area contributed by atoms with Crippen LogP contribution in [0.2, 0.25) is 0 Å². The standard InChI is InChI=1S/C16H19NO2S/c1-16(2,3)11-8-6-5-7-10(11)13-9-12(17)14(20-13)15(18)19-4/h5-9H,17H2,1-4H3. The second-order valence-electron chi connectivity index (χ2n) is 5.68. The molecule has 0 atom stereocenters. The van der Waals surface area contributed by atoms with E-state index < -0.39 is 0 Å². The highest BCUT2D eigenvalue weighted by Crippen LogP contribution is 2.39. The Kier molecular flexibility index (Phi) is 3.86. The number of nitrogens with two attached hydrogens (primary N) is 1. The molecule has 2 aromatic rings. The zero-order valence-electron chi connectivity index (χ0n) is 12.2. The predicted molar refractivity (Wildman–Crippen MR) is 84.2 cm³/mol. The van der Waals surface area contributed by atoms with Crippen molar-refractivity contribution in [3.8, 4) is 10.4 Å². The molecular weight excluding hydrogens is 270 g/mol. The average Bonchev–Trinajstić information content (AvgIpc) is 2.79. The third kappa shape index (κ3) is 2.70. The van der Waals surface area contributed by atoms with Gasteiger partial charge in [-0.15, -0.1) is 11.3 Å². The van der Waals surface area contributed by atoms with Gasteiger partial charge in [-0.3, -0.25) is 0 Å². The van der Waals surface area contributed by atoms with E-state index in [1.807, 2.05) is 18.2 Å². The summed E-state index contributed by atoms with van der Waals surface area (Å²) < 4.78 is 4.76. The molecule has 1 aromatic heterocycles. The van der Waals surface area contributed by atoms with Crippen molar-refractivity contribution >= 4 is 23.0 Å². The number of benzene rings is 1. The van der Waals surface area contributed by atoms with Gasteiger partial charge < -0.3 is 10.5 Å². The van der Waals surface area contributed by atoms with E-state index in [2.05, 4.69) is 32.9 Å². The molecule has 3 nitrogen and oxygen atoms in total. The molecule has 1 aromatic carbocycles. The smallest absolute Gasteiger partial charge is 0.350 e. The van der Waals surface area contributed by atoms with Crippen molar-refractivity contribution in [2.75, 3.05) is 12.8 Å². The maximum absolute atomic E-state index is 11.7. The van der Waals surface area contributed by atoms with E-state index in [0.717, 1.165) is 10.4 Å². The first-order chi connectivity index (χ1) is 9.34. The number of anilines is 1. The van der Waals surface area contributed by atoms with Crippen LogP contribution in [-0.4, -0.2) is 13.1 Å². The molecule has 0 unspecified atom stereocenters. The predicted octanol–water partition coefficient (Wildman–Crippen LogP) is 4.08. The summed E-state index contributed by atoms with van der Waals surface area (Å²) in [7, 11) is 1.37. The molecule has 4 heteroatoms. The maximum atomic E-state index is 11.7. The lowest BCUT2D eigenvalue weighted by Crippen LogP contribution is -2.12. The largest absolute Gasteiger partial charge is 0.465 e. The highest BCUT2D eigenvalue weighted by molar-refractivity contribution is 7.18. The van der Waals surface area contributed by atoms with Crippen molar-refractivity contribution in [2.45, 2.75) is 26.2 Å². The van der Waals surface area contributed by atoms with Crippen LogP contribution in [0.3, 0.4) is 0 Å². The molecular formula is C16H19NO2S. The molecule has 1 heterocycles. The van der Waals surface area contributed by atoms with Gasteiger partial charge >= 0.3 is 5.97 Å². The van der Waals surface area contributed by atoms with Crippen LogP contribution in [0, 0.1) is 0 Å². The van der Waals surface area contributed by atoms with Crippen molar-refractivity contribution in [1.82, 2.24) is 0 Å². The van der Waals surface area contributed by atoms with Crippen molar-refractivity contribution in [3.63, 3.8) is 0 Å². The minimum atomic E-state index is -0.382. The number of methoxy groups -OCH3 is 1. The van der Waals surface area contributed by atoms with E-state index in [9.17, 15) is 4.79 Å². The number of carbonyl (C=O) groups is 1. The molecule has 0 bridgehead atoms. The zero-order valence-corrected chi connectivity index (χ0v) is 13.0. The quantitative estimate of drug-likeness (QED) is 0.847. The number of carbonyl (C=O) groups excluding carboxylic acids is 1. The number of rotatable bonds is 2. The average molecular weight is 289 g/mol. The van der Waals surface area contributed by atoms with Crippen LogP contribution in [-0.2, 0) is 10.2 Å². The van der Waals surface area contributed by atoms with Gasteiger partial charge in [0.15, 0.2) is 0 Å². The van der Waals surface area contributed by atoms with Crippen molar-refractivity contribution in [1.29, 1.82) is 0 Å². The fraction of sp³-hybridized carbons (Fsp3) is 0.312. The van der Waals surface area contributed by atoms with E-state index in [4.69, 9.17) is 10.5 Å². The zero-order chi connectivity index (χ0) is 14.9. The molecule has 0 aliphatic heterocycles. The number of nitrogen functional groups attached to an aromatic ring is 1. The van der Waals surface area contributed by atoms with Gasteiger partial charge in [0.25, 0.3) is 0 Å². The number of esters is 1. The van der Waals surface area contributed by atoms with Crippen LogP contribution in [0.1, 0.15) is 36.0 Å². The summed E-state index contributed by atoms with van der Waals surface area (Å²) in [5.41, 5.74) is 8.78. The lowest BCUT2D eigenvalue weighted by Gasteiger charge is -2.22. The SMILES string of the molecule is COC(=O)c1sc(-c2ccccc2C(C)(C)C)cc1N. The minimum Gasteiger partial charge on any atom is -0.465 e. The van der Waals surface area contributed by atoms with Crippen molar-refractivity contribution in [3.05, 3.63) is 40.8 Å². The Bertz CT molecular complexity index is 638. The Morgan fingerprint density at radius 1 is 1.25 bits per heavy atom. The molecule has 2 rings (SSSR count). The molecule has 0 amide bonds. The van der Waals surface area contributed by atoms with E-state index in [0.29, 0.717) is 10.6 Å². The van der Waals surface area contributed by atoms with E-state index in [1.165, 1.54) is 24.0 Å². The lowest BCUT2D eigenvalue weighted by molar-refractivity contribution is 0.0607. The summed E-state index contributed by atoms with van der Waals surface area (Å²) in [5, 5.41) is 0. The molecule has 2 N–H and O–H groups in total. The third-order valence-corrected chi connectivity index (χ3v) is 4.30. The summed E-state index contributed by atoms with van der Waals surface area (Å²) in [5.74, 6) is -0.382. The molecule has 0 saturated heterocycles. The molecule has 0 spiro atoms. The molecule has 0 aliphatic rings. The van der Waals surface area contributed by atoms with Crippen molar-refractivity contribution in [2.24, 2.45) is 0 Å². The van der Waals surface area contributed by atoms with Crippen LogP contribution >= 0.6 is 11.3 Å². The van der Waals surface area contributed by atoms with Crippen LogP contribution in [0.4, 0.5) is 5.69 Å². The number of hydrogen-bond donors (Lipinski definition) is 1. The first kappa shape index (κ1) is 14.6. The van der Waals surface area contributed by atoms with Gasteiger partial charge in [0, 0.05) is 4.88 Å². The highest BCUT2D eigenvalue weighted by Gasteiger charge is 2.21. The van der Waals surface area contributed by atoms with Crippen LogP contribution in [0.15, 0.2) is 30.3 Å². The second-order valence-corrected chi connectivity index (χ2v) is 6.73. The molecule has 20 heavy (non-hydrogen) atoms. The summed E-state index contributed by atoms with van der Waals surface area (Å²) in [6.45, 7) is 6.51. The Morgan fingerprint density at radius 3 is 2.50 bits per heavy atom. The Labute approximate surface area is 123 Å². The Hall–Kier alpha value is -1.81. The second kappa shape index (κ2) is 5.29. The van der Waals surface area contributed by atoms with E-state index >= 15 is 0 Å². The molecule has 0 saturated carbocycles. The van der Waals surface area contributed by atoms with Crippen LogP contribution in [0.25, 0.3) is 10.4 Å². The Morgan fingerprint density at radius 2 is 1.90 bits per heavy atom. The van der Waals surface area contributed by atoms with Crippen molar-refractivity contribution < 1.29 is 9.53 Å². The molecule has 0 radical (unpaired) electrons. The van der Waals surface area contributed by atoms with Gasteiger partial charge in [0.1, 0.15) is 4.88 Å². The van der Waals surface area contributed by atoms with Crippen LogP contribution in [0.5, 0.6) is 0 Å². The topological polar surface area (TPSA) is 52.3 Å². The monoisotopic (exact) mass is 289 g/mol. The first-order valence-electron chi connectivity index (χ1n) is 6.42. The van der Waals surface area contributed by atoms with Crippen LogP contribution < -0.4 is 5.73 Å². The summed E-state index contributed by atoms with van der Waals surface area (Å²) >= 11 is 1.38. The van der Waals surface area contributed by atoms with Gasteiger partial charge in [0.05, 0.1) is 12.8 Å². The summed E-state index contributed by atoms with van der Waals surface area (Å²) in [6.07, 6.45) is 0. The number of thiophene rings is 1. The maximum Gasteiger partial charge on any atom is 0.350 e.